The van der Waals surface area contributed by atoms with Gasteiger partial charge in [0.1, 0.15) is 5.69 Å². The fraction of sp³-hybridized carbons (Fsp3) is 0.412. The fourth-order valence-electron chi connectivity index (χ4n) is 3.00. The zero-order valence-corrected chi connectivity index (χ0v) is 13.8. The molecule has 1 aromatic carbocycles. The van der Waals surface area contributed by atoms with Crippen LogP contribution in [0.3, 0.4) is 0 Å². The number of methoxy groups -OCH3 is 1. The van der Waals surface area contributed by atoms with Gasteiger partial charge in [-0.2, -0.15) is 0 Å². The minimum Gasteiger partial charge on any atom is -0.492 e. The van der Waals surface area contributed by atoms with E-state index < -0.39 is 17.6 Å². The van der Waals surface area contributed by atoms with Crippen molar-refractivity contribution in [2.24, 2.45) is 0 Å². The highest BCUT2D eigenvalue weighted by Gasteiger charge is 2.37. The Morgan fingerprint density at radius 3 is 2.58 bits per heavy atom. The van der Waals surface area contributed by atoms with Crippen LogP contribution in [0.25, 0.3) is 0 Å². The second kappa shape index (κ2) is 5.81. The van der Waals surface area contributed by atoms with Crippen molar-refractivity contribution in [3.8, 4) is 5.75 Å². The van der Waals surface area contributed by atoms with Crippen molar-refractivity contribution in [2.75, 3.05) is 31.0 Å². The molecular weight excluding hydrogens is 315 g/mol. The summed E-state index contributed by atoms with van der Waals surface area (Å²) in [7, 11) is 4.79. The fourth-order valence-corrected chi connectivity index (χ4v) is 3.00. The molecule has 128 valence electrons. The van der Waals surface area contributed by atoms with Gasteiger partial charge in [-0.3, -0.25) is 4.79 Å². The quantitative estimate of drug-likeness (QED) is 0.912. The number of carboxylic acids is 1. The summed E-state index contributed by atoms with van der Waals surface area (Å²) in [6.07, 6.45) is 2.99. The Bertz CT molecular complexity index is 753. The van der Waals surface area contributed by atoms with E-state index in [1.54, 1.807) is 23.9 Å². The molecule has 1 fully saturated rings. The van der Waals surface area contributed by atoms with E-state index in [-0.39, 0.29) is 35.0 Å². The number of Topliss-reactive ketones (excluding diaryl/α,β-unsaturated/α-hetero) is 1. The average Bonchev–Trinajstić information content (AvgIpc) is 3.34. The van der Waals surface area contributed by atoms with E-state index in [2.05, 4.69) is 0 Å². The lowest BCUT2D eigenvalue weighted by Gasteiger charge is -2.27. The third-order valence-corrected chi connectivity index (χ3v) is 4.25. The third-order valence-electron chi connectivity index (χ3n) is 4.25. The lowest BCUT2D eigenvalue weighted by Crippen LogP contribution is -2.23. The number of ether oxygens (including phenoxy) is 1. The molecule has 24 heavy (non-hydrogen) atoms. The number of hydrogen-bond acceptors (Lipinski definition) is 5. The summed E-state index contributed by atoms with van der Waals surface area (Å²) >= 11 is 0. The highest BCUT2D eigenvalue weighted by molar-refractivity contribution is 6.10. The van der Waals surface area contributed by atoms with Gasteiger partial charge in [-0.15, -0.1) is 0 Å². The number of aliphatic carboxylic acids is 1. The first-order valence-corrected chi connectivity index (χ1v) is 7.68. The zero-order valence-electron chi connectivity index (χ0n) is 13.8. The highest BCUT2D eigenvalue weighted by atomic mass is 19.1. The number of carbonyl (C=O) groups excluding carboxylic acids is 1. The number of benzene rings is 1. The van der Waals surface area contributed by atoms with Crippen molar-refractivity contribution < 1.29 is 23.8 Å². The summed E-state index contributed by atoms with van der Waals surface area (Å²) < 4.78 is 20.0. The SMILES string of the molecule is COc1c(N(C)C)c(F)cc2c1N(C1CC1)C=C(C(=O)O)CC2=O. The largest absolute Gasteiger partial charge is 0.492 e. The molecule has 0 spiro atoms. The van der Waals surface area contributed by atoms with Crippen LogP contribution in [0.1, 0.15) is 29.6 Å². The van der Waals surface area contributed by atoms with E-state index in [4.69, 9.17) is 4.74 Å². The number of nitrogens with zero attached hydrogens (tertiary/aromatic N) is 2. The Morgan fingerprint density at radius 2 is 2.08 bits per heavy atom. The van der Waals surface area contributed by atoms with Gasteiger partial charge in [0, 0.05) is 38.3 Å². The lowest BCUT2D eigenvalue weighted by molar-refractivity contribution is -0.132. The van der Waals surface area contributed by atoms with Crippen molar-refractivity contribution >= 4 is 23.1 Å². The molecule has 1 aromatic rings. The topological polar surface area (TPSA) is 70.1 Å². The molecule has 0 bridgehead atoms. The molecule has 0 amide bonds. The van der Waals surface area contributed by atoms with Crippen LogP contribution in [0.5, 0.6) is 5.75 Å². The maximum Gasteiger partial charge on any atom is 0.333 e. The second-order valence-corrected chi connectivity index (χ2v) is 6.23. The van der Waals surface area contributed by atoms with Crippen LogP contribution in [-0.4, -0.2) is 44.1 Å². The van der Waals surface area contributed by atoms with Crippen LogP contribution in [0.2, 0.25) is 0 Å². The maximum absolute atomic E-state index is 14.6. The molecule has 1 N–H and O–H groups in total. The molecular formula is C17H19FN2O4. The summed E-state index contributed by atoms with van der Waals surface area (Å²) in [5, 5.41) is 9.34. The van der Waals surface area contributed by atoms with Crippen molar-refractivity contribution in [3.63, 3.8) is 0 Å². The summed E-state index contributed by atoms with van der Waals surface area (Å²) in [5.74, 6) is -1.89. The van der Waals surface area contributed by atoms with Gasteiger partial charge in [0.15, 0.2) is 17.3 Å². The van der Waals surface area contributed by atoms with Crippen LogP contribution in [-0.2, 0) is 4.79 Å². The Hall–Kier alpha value is -2.57. The third kappa shape index (κ3) is 2.60. The van der Waals surface area contributed by atoms with Crippen LogP contribution in [0.4, 0.5) is 15.8 Å². The van der Waals surface area contributed by atoms with E-state index >= 15 is 0 Å². The number of carbonyl (C=O) groups is 2. The van der Waals surface area contributed by atoms with Crippen molar-refractivity contribution in [1.29, 1.82) is 0 Å². The molecule has 0 radical (unpaired) electrons. The lowest BCUT2D eigenvalue weighted by atomic mass is 10.0. The molecule has 3 rings (SSSR count). The van der Waals surface area contributed by atoms with Gasteiger partial charge in [0.25, 0.3) is 0 Å². The van der Waals surface area contributed by atoms with Crippen molar-refractivity contribution in [1.82, 2.24) is 0 Å². The minimum atomic E-state index is -1.14. The minimum absolute atomic E-state index is 0.00281. The Morgan fingerprint density at radius 1 is 1.42 bits per heavy atom. The summed E-state index contributed by atoms with van der Waals surface area (Å²) in [6, 6.07) is 1.28. The number of carboxylic acid groups (broad SMARTS) is 1. The standard InChI is InChI=1S/C17H19FN2O4/c1-19(2)15-12(18)7-11-13(21)6-9(17(22)23)8-20(10-4-5-10)14(11)16(15)24-3/h7-8,10H,4-6H2,1-3H3,(H,22,23). The van der Waals surface area contributed by atoms with Gasteiger partial charge in [-0.25, -0.2) is 9.18 Å². The zero-order chi connectivity index (χ0) is 17.6. The van der Waals surface area contributed by atoms with Crippen molar-refractivity contribution in [2.45, 2.75) is 25.3 Å². The van der Waals surface area contributed by atoms with Crippen LogP contribution in [0, 0.1) is 5.82 Å². The molecule has 1 heterocycles. The summed E-state index contributed by atoms with van der Waals surface area (Å²) in [4.78, 5) is 27.3. The Labute approximate surface area is 139 Å². The van der Waals surface area contributed by atoms with E-state index in [1.165, 1.54) is 19.4 Å². The molecule has 0 saturated heterocycles. The predicted octanol–water partition coefficient (Wildman–Crippen LogP) is 2.42. The van der Waals surface area contributed by atoms with E-state index in [0.29, 0.717) is 5.69 Å². The predicted molar refractivity (Wildman–Crippen MR) is 87.4 cm³/mol. The van der Waals surface area contributed by atoms with Crippen LogP contribution in [0.15, 0.2) is 17.8 Å². The molecule has 0 unspecified atom stereocenters. The smallest absolute Gasteiger partial charge is 0.333 e. The second-order valence-electron chi connectivity index (χ2n) is 6.23. The summed E-state index contributed by atoms with van der Waals surface area (Å²) in [5.41, 5.74) is 0.847. The van der Waals surface area contributed by atoms with Crippen molar-refractivity contribution in [3.05, 3.63) is 29.2 Å². The van der Waals surface area contributed by atoms with E-state index in [9.17, 15) is 19.1 Å². The van der Waals surface area contributed by atoms with Crippen LogP contribution >= 0.6 is 0 Å². The van der Waals surface area contributed by atoms with Gasteiger partial charge >= 0.3 is 5.97 Å². The van der Waals surface area contributed by atoms with Gasteiger partial charge < -0.3 is 19.6 Å². The molecule has 7 heteroatoms. The number of ketones is 1. The number of rotatable bonds is 4. The van der Waals surface area contributed by atoms with E-state index in [1.807, 2.05) is 0 Å². The first kappa shape index (κ1) is 16.3. The molecule has 1 aliphatic carbocycles. The first-order chi connectivity index (χ1) is 11.3. The van der Waals surface area contributed by atoms with Gasteiger partial charge in [-0.05, 0) is 18.9 Å². The normalized spacial score (nSPS) is 17.1. The molecule has 1 aliphatic heterocycles. The van der Waals surface area contributed by atoms with Gasteiger partial charge in [0.05, 0.1) is 18.4 Å². The Kier molecular flexibility index (Phi) is 3.95. The van der Waals surface area contributed by atoms with E-state index in [0.717, 1.165) is 12.8 Å². The molecule has 2 aliphatic rings. The maximum atomic E-state index is 14.6. The monoisotopic (exact) mass is 334 g/mol. The van der Waals surface area contributed by atoms with Crippen LogP contribution < -0.4 is 14.5 Å². The number of halogens is 1. The number of anilines is 2. The summed E-state index contributed by atoms with van der Waals surface area (Å²) in [6.45, 7) is 0. The average molecular weight is 334 g/mol. The molecule has 0 atom stereocenters. The molecule has 0 aromatic heterocycles. The van der Waals surface area contributed by atoms with Gasteiger partial charge in [0.2, 0.25) is 0 Å². The van der Waals surface area contributed by atoms with Gasteiger partial charge in [-0.1, -0.05) is 0 Å². The number of hydrogen-bond donors (Lipinski definition) is 1. The first-order valence-electron chi connectivity index (χ1n) is 7.68. The Balaban J connectivity index is 2.30. The number of fused-ring (bicyclic) bond motifs is 1. The highest BCUT2D eigenvalue weighted by Crippen LogP contribution is 2.47. The molecule has 6 nitrogen and oxygen atoms in total. The molecule has 1 saturated carbocycles.